The molecule has 0 saturated heterocycles. The van der Waals surface area contributed by atoms with Crippen LogP contribution in [0.5, 0.6) is 0 Å². The van der Waals surface area contributed by atoms with E-state index in [9.17, 15) is 0 Å². The Balaban J connectivity index is 4.42. The van der Waals surface area contributed by atoms with E-state index < -0.39 is 0 Å². The molecule has 2 N–H and O–H groups in total. The van der Waals surface area contributed by atoms with Crippen LogP contribution in [0.2, 0.25) is 0 Å². The highest BCUT2D eigenvalue weighted by molar-refractivity contribution is 5.79. The third-order valence-electron chi connectivity index (χ3n) is 2.69. The number of rotatable bonds is 8. The topological polar surface area (TPSA) is 39.7 Å². The molecule has 0 aromatic heterocycles. The van der Waals surface area contributed by atoms with Crippen LogP contribution >= 0.6 is 0 Å². The maximum absolute atomic E-state index is 4.63. The van der Waals surface area contributed by atoms with Crippen molar-refractivity contribution in [3.05, 3.63) is 12.7 Å². The van der Waals surface area contributed by atoms with Crippen molar-refractivity contribution in [3.63, 3.8) is 0 Å². The molecule has 0 aromatic carbocycles. The van der Waals surface area contributed by atoms with Gasteiger partial charge < -0.3 is 15.5 Å². The number of hydrogen-bond acceptors (Lipinski definition) is 2. The number of hydrogen-bond donors (Lipinski definition) is 2. The Hall–Kier alpha value is -1.03. The van der Waals surface area contributed by atoms with Gasteiger partial charge in [0.25, 0.3) is 0 Å². The van der Waals surface area contributed by atoms with Gasteiger partial charge in [0, 0.05) is 19.1 Å². The second-order valence-electron chi connectivity index (χ2n) is 5.14. The van der Waals surface area contributed by atoms with Crippen molar-refractivity contribution in [2.45, 2.75) is 33.2 Å². The van der Waals surface area contributed by atoms with Crippen LogP contribution in [-0.4, -0.2) is 50.6 Å². The second kappa shape index (κ2) is 9.95. The summed E-state index contributed by atoms with van der Waals surface area (Å²) in [5.74, 6) is 1.56. The summed E-state index contributed by atoms with van der Waals surface area (Å²) >= 11 is 0. The molecule has 0 bridgehead atoms. The van der Waals surface area contributed by atoms with Gasteiger partial charge in [-0.2, -0.15) is 0 Å². The Morgan fingerprint density at radius 1 is 1.33 bits per heavy atom. The standard InChI is InChI=1S/C14H30N4/c1-7-9-16-14(15-8-2)17-11-13(18(5)6)10-12(3)4/h7,12-13H,1,8-11H2,2-6H3,(H2,15,16,17). The molecule has 0 radical (unpaired) electrons. The number of nitrogens with zero attached hydrogens (tertiary/aromatic N) is 2. The molecule has 1 atom stereocenters. The van der Waals surface area contributed by atoms with Crippen molar-refractivity contribution in [2.24, 2.45) is 10.9 Å². The minimum atomic E-state index is 0.490. The Kier molecular flexibility index (Phi) is 9.38. The van der Waals surface area contributed by atoms with Crippen LogP contribution in [0.3, 0.4) is 0 Å². The summed E-state index contributed by atoms with van der Waals surface area (Å²) in [5, 5.41) is 6.46. The van der Waals surface area contributed by atoms with E-state index in [0.29, 0.717) is 12.0 Å². The quantitative estimate of drug-likeness (QED) is 0.393. The highest BCUT2D eigenvalue weighted by Gasteiger charge is 2.12. The van der Waals surface area contributed by atoms with Gasteiger partial charge in [-0.1, -0.05) is 19.9 Å². The van der Waals surface area contributed by atoms with Crippen LogP contribution in [-0.2, 0) is 0 Å². The summed E-state index contributed by atoms with van der Waals surface area (Å²) in [4.78, 5) is 6.88. The van der Waals surface area contributed by atoms with E-state index in [4.69, 9.17) is 0 Å². The minimum absolute atomic E-state index is 0.490. The Morgan fingerprint density at radius 3 is 2.44 bits per heavy atom. The lowest BCUT2D eigenvalue weighted by Gasteiger charge is -2.24. The van der Waals surface area contributed by atoms with E-state index in [2.05, 4.69) is 62.0 Å². The third kappa shape index (κ3) is 8.12. The summed E-state index contributed by atoms with van der Waals surface area (Å²) in [6.07, 6.45) is 3.00. The molecular formula is C14H30N4. The fourth-order valence-corrected chi connectivity index (χ4v) is 1.70. The van der Waals surface area contributed by atoms with Gasteiger partial charge in [-0.15, -0.1) is 6.58 Å². The predicted octanol–water partition coefficient (Wildman–Crippen LogP) is 1.70. The van der Waals surface area contributed by atoms with Crippen LogP contribution in [0.15, 0.2) is 17.6 Å². The monoisotopic (exact) mass is 254 g/mol. The summed E-state index contributed by atoms with van der Waals surface area (Å²) in [7, 11) is 4.24. The summed E-state index contributed by atoms with van der Waals surface area (Å²) in [5.41, 5.74) is 0. The van der Waals surface area contributed by atoms with Crippen molar-refractivity contribution in [1.29, 1.82) is 0 Å². The second-order valence-corrected chi connectivity index (χ2v) is 5.14. The molecule has 0 saturated carbocycles. The first-order valence-electron chi connectivity index (χ1n) is 6.80. The summed E-state index contributed by atoms with van der Waals surface area (Å²) < 4.78 is 0. The molecule has 18 heavy (non-hydrogen) atoms. The van der Waals surface area contributed by atoms with Crippen LogP contribution in [0, 0.1) is 5.92 Å². The third-order valence-corrected chi connectivity index (χ3v) is 2.69. The van der Waals surface area contributed by atoms with Crippen LogP contribution in [0.1, 0.15) is 27.2 Å². The van der Waals surface area contributed by atoms with E-state index in [0.717, 1.165) is 32.0 Å². The zero-order valence-electron chi connectivity index (χ0n) is 12.7. The first kappa shape index (κ1) is 17.0. The fraction of sp³-hybridized carbons (Fsp3) is 0.786. The molecule has 0 aromatic rings. The van der Waals surface area contributed by atoms with Crippen molar-refractivity contribution >= 4 is 5.96 Å². The maximum Gasteiger partial charge on any atom is 0.191 e. The zero-order chi connectivity index (χ0) is 14.0. The average molecular weight is 254 g/mol. The average Bonchev–Trinajstić information content (AvgIpc) is 2.30. The molecule has 0 aliphatic heterocycles. The molecular weight excluding hydrogens is 224 g/mol. The van der Waals surface area contributed by atoms with E-state index >= 15 is 0 Å². The maximum atomic E-state index is 4.63. The Labute approximate surface area is 113 Å². The van der Waals surface area contributed by atoms with Gasteiger partial charge in [0.2, 0.25) is 0 Å². The first-order valence-corrected chi connectivity index (χ1v) is 6.80. The zero-order valence-corrected chi connectivity index (χ0v) is 12.7. The molecule has 1 unspecified atom stereocenters. The highest BCUT2D eigenvalue weighted by Crippen LogP contribution is 2.09. The molecule has 0 fully saturated rings. The smallest absolute Gasteiger partial charge is 0.191 e. The lowest BCUT2D eigenvalue weighted by atomic mass is 10.0. The minimum Gasteiger partial charge on any atom is -0.357 e. The number of likely N-dealkylation sites (N-methyl/N-ethyl adjacent to an activating group) is 1. The molecule has 0 spiro atoms. The van der Waals surface area contributed by atoms with Crippen molar-refractivity contribution in [3.8, 4) is 0 Å². The van der Waals surface area contributed by atoms with Crippen LogP contribution < -0.4 is 10.6 Å². The van der Waals surface area contributed by atoms with Gasteiger partial charge in [-0.05, 0) is 33.4 Å². The van der Waals surface area contributed by atoms with E-state index in [1.165, 1.54) is 0 Å². The molecule has 4 nitrogen and oxygen atoms in total. The van der Waals surface area contributed by atoms with E-state index in [1.807, 2.05) is 6.08 Å². The molecule has 0 rings (SSSR count). The van der Waals surface area contributed by atoms with Gasteiger partial charge >= 0.3 is 0 Å². The SMILES string of the molecule is C=CCNC(=NCC(CC(C)C)N(C)C)NCC. The molecule has 0 aliphatic carbocycles. The van der Waals surface area contributed by atoms with Gasteiger partial charge in [-0.25, -0.2) is 0 Å². The number of guanidine groups is 1. The molecule has 0 amide bonds. The van der Waals surface area contributed by atoms with Gasteiger partial charge in [-0.3, -0.25) is 4.99 Å². The van der Waals surface area contributed by atoms with Crippen molar-refractivity contribution in [1.82, 2.24) is 15.5 Å². The number of nitrogens with one attached hydrogen (secondary N) is 2. The van der Waals surface area contributed by atoms with Gasteiger partial charge in [0.1, 0.15) is 0 Å². The summed E-state index contributed by atoms with van der Waals surface area (Å²) in [6.45, 7) is 12.7. The molecule has 0 heterocycles. The van der Waals surface area contributed by atoms with E-state index in [1.54, 1.807) is 0 Å². The van der Waals surface area contributed by atoms with E-state index in [-0.39, 0.29) is 0 Å². The van der Waals surface area contributed by atoms with Crippen molar-refractivity contribution in [2.75, 3.05) is 33.7 Å². The Morgan fingerprint density at radius 2 is 2.00 bits per heavy atom. The molecule has 4 heteroatoms. The first-order chi connectivity index (χ1) is 8.51. The molecule has 0 aliphatic rings. The lowest BCUT2D eigenvalue weighted by molar-refractivity contribution is 0.261. The fourth-order valence-electron chi connectivity index (χ4n) is 1.70. The van der Waals surface area contributed by atoms with Crippen LogP contribution in [0.25, 0.3) is 0 Å². The van der Waals surface area contributed by atoms with Crippen molar-refractivity contribution < 1.29 is 0 Å². The highest BCUT2D eigenvalue weighted by atomic mass is 15.2. The molecule has 106 valence electrons. The predicted molar refractivity (Wildman–Crippen MR) is 81.1 cm³/mol. The lowest BCUT2D eigenvalue weighted by Crippen LogP contribution is -2.39. The largest absolute Gasteiger partial charge is 0.357 e. The van der Waals surface area contributed by atoms with Gasteiger partial charge in [0.05, 0.1) is 6.54 Å². The van der Waals surface area contributed by atoms with Gasteiger partial charge in [0.15, 0.2) is 5.96 Å². The normalized spacial score (nSPS) is 13.8. The summed E-state index contributed by atoms with van der Waals surface area (Å²) in [6, 6.07) is 0.490. The van der Waals surface area contributed by atoms with Crippen LogP contribution in [0.4, 0.5) is 0 Å². The number of aliphatic imine (C=N–C) groups is 1. The Bertz CT molecular complexity index is 246.